The van der Waals surface area contributed by atoms with Gasteiger partial charge in [0.1, 0.15) is 12.6 Å². The van der Waals surface area contributed by atoms with Crippen LogP contribution in [0.1, 0.15) is 11.1 Å². The number of nitro groups is 1. The van der Waals surface area contributed by atoms with E-state index >= 15 is 0 Å². The van der Waals surface area contributed by atoms with Crippen LogP contribution in [0.25, 0.3) is 0 Å². The molecule has 0 fully saturated rings. The number of nitrogens with one attached hydrogen (secondary N) is 1. The third-order valence-electron chi connectivity index (χ3n) is 5.77. The molecule has 0 heterocycles. The maximum Gasteiger partial charge on any atom is 0.271 e. The highest BCUT2D eigenvalue weighted by Crippen LogP contribution is 2.24. The first-order chi connectivity index (χ1) is 18.0. The number of likely N-dealkylation sites (N-methyl/N-ethyl adjacent to an activating group) is 1. The van der Waals surface area contributed by atoms with Crippen molar-refractivity contribution >= 4 is 44.8 Å². The zero-order valence-corrected chi connectivity index (χ0v) is 22.4. The second kappa shape index (κ2) is 12.5. The maximum atomic E-state index is 13.8. The van der Waals surface area contributed by atoms with Crippen molar-refractivity contribution in [1.82, 2.24) is 10.2 Å². The van der Waals surface area contributed by atoms with Crippen molar-refractivity contribution in [2.45, 2.75) is 19.0 Å². The molecule has 0 bridgehead atoms. The van der Waals surface area contributed by atoms with Crippen molar-refractivity contribution in [3.63, 3.8) is 0 Å². The molecule has 0 saturated carbocycles. The molecule has 0 aromatic heterocycles. The van der Waals surface area contributed by atoms with Crippen molar-refractivity contribution in [2.24, 2.45) is 0 Å². The van der Waals surface area contributed by atoms with Crippen LogP contribution in [-0.2, 0) is 32.6 Å². The number of nitrogens with zero attached hydrogens (tertiary/aromatic N) is 3. The van der Waals surface area contributed by atoms with Crippen molar-refractivity contribution in [2.75, 3.05) is 24.2 Å². The Labute approximate surface area is 226 Å². The minimum Gasteiger partial charge on any atom is -0.357 e. The van der Waals surface area contributed by atoms with E-state index < -0.39 is 39.3 Å². The summed E-state index contributed by atoms with van der Waals surface area (Å²) in [4.78, 5) is 38.8. The molecule has 1 atom stereocenters. The van der Waals surface area contributed by atoms with Crippen LogP contribution in [0.15, 0.2) is 78.9 Å². The standard InChI is InChI=1S/C26H27ClN4O6S/c1-28-26(33)24(15-19-8-4-3-5-9-19)29(17-20-10-6-11-21(27)14-20)25(32)18-30(38(2,36)37)22-12-7-13-23(16-22)31(34)35/h3-14,16,24H,15,17-18H2,1-2H3,(H,28,33). The molecule has 0 radical (unpaired) electrons. The number of rotatable bonds is 11. The summed E-state index contributed by atoms with van der Waals surface area (Å²) in [6.45, 7) is -0.709. The van der Waals surface area contributed by atoms with E-state index in [1.54, 1.807) is 24.3 Å². The number of nitro benzene ring substituents is 1. The molecule has 0 saturated heterocycles. The number of carbonyl (C=O) groups is 2. The van der Waals surface area contributed by atoms with Gasteiger partial charge in [0.2, 0.25) is 21.8 Å². The number of halogens is 1. The quantitative estimate of drug-likeness (QED) is 0.283. The number of anilines is 1. The van der Waals surface area contributed by atoms with E-state index in [2.05, 4.69) is 5.32 Å². The number of benzene rings is 3. The van der Waals surface area contributed by atoms with Gasteiger partial charge in [-0.1, -0.05) is 60.1 Å². The highest BCUT2D eigenvalue weighted by Gasteiger charge is 2.33. The van der Waals surface area contributed by atoms with Gasteiger partial charge in [-0.3, -0.25) is 24.0 Å². The lowest BCUT2D eigenvalue weighted by molar-refractivity contribution is -0.384. The highest BCUT2D eigenvalue weighted by molar-refractivity contribution is 7.92. The molecular weight excluding hydrogens is 532 g/mol. The summed E-state index contributed by atoms with van der Waals surface area (Å²) in [6.07, 6.45) is 1.07. The molecule has 3 rings (SSSR count). The van der Waals surface area contributed by atoms with Crippen molar-refractivity contribution in [3.05, 3.63) is 105 Å². The number of carbonyl (C=O) groups excluding carboxylic acids is 2. The van der Waals surface area contributed by atoms with E-state index in [4.69, 9.17) is 11.6 Å². The Kier molecular flexibility index (Phi) is 9.43. The van der Waals surface area contributed by atoms with Gasteiger partial charge in [0.05, 0.1) is 16.9 Å². The molecule has 3 aromatic rings. The maximum absolute atomic E-state index is 13.8. The van der Waals surface area contributed by atoms with Crippen molar-refractivity contribution in [3.8, 4) is 0 Å². The fourth-order valence-corrected chi connectivity index (χ4v) is 4.98. The Morgan fingerprint density at radius 2 is 1.66 bits per heavy atom. The van der Waals surface area contributed by atoms with Crippen molar-refractivity contribution in [1.29, 1.82) is 0 Å². The third kappa shape index (κ3) is 7.53. The van der Waals surface area contributed by atoms with Crippen LogP contribution in [0.3, 0.4) is 0 Å². The summed E-state index contributed by atoms with van der Waals surface area (Å²) in [5, 5.41) is 14.3. The number of hydrogen-bond donors (Lipinski definition) is 1. The van der Waals surface area contributed by atoms with E-state index in [-0.39, 0.29) is 24.3 Å². The zero-order chi connectivity index (χ0) is 27.9. The van der Waals surface area contributed by atoms with E-state index in [0.717, 1.165) is 22.2 Å². The topological polar surface area (TPSA) is 130 Å². The van der Waals surface area contributed by atoms with Gasteiger partial charge in [0, 0.05) is 37.2 Å². The van der Waals surface area contributed by atoms with Crippen LogP contribution in [-0.4, -0.2) is 55.9 Å². The average molecular weight is 559 g/mol. The fourth-order valence-electron chi connectivity index (χ4n) is 3.93. The Bertz CT molecular complexity index is 1420. The monoisotopic (exact) mass is 558 g/mol. The van der Waals surface area contributed by atoms with Gasteiger partial charge in [-0.15, -0.1) is 0 Å². The smallest absolute Gasteiger partial charge is 0.271 e. The second-order valence-electron chi connectivity index (χ2n) is 8.52. The number of amides is 2. The Morgan fingerprint density at radius 1 is 1.00 bits per heavy atom. The molecule has 1 N–H and O–H groups in total. The molecule has 0 aliphatic rings. The molecule has 0 aliphatic heterocycles. The Hall–Kier alpha value is -3.96. The summed E-state index contributed by atoms with van der Waals surface area (Å²) in [6, 6.07) is 19.9. The third-order valence-corrected chi connectivity index (χ3v) is 7.14. The number of sulfonamides is 1. The summed E-state index contributed by atoms with van der Waals surface area (Å²) >= 11 is 6.15. The summed E-state index contributed by atoms with van der Waals surface area (Å²) < 4.78 is 26.2. The predicted molar refractivity (Wildman–Crippen MR) is 145 cm³/mol. The van der Waals surface area contributed by atoms with E-state index in [1.807, 2.05) is 30.3 Å². The first kappa shape index (κ1) is 28.6. The van der Waals surface area contributed by atoms with E-state index in [1.165, 1.54) is 30.1 Å². The van der Waals surface area contributed by atoms with Gasteiger partial charge in [-0.25, -0.2) is 8.42 Å². The van der Waals surface area contributed by atoms with E-state index in [9.17, 15) is 28.1 Å². The first-order valence-corrected chi connectivity index (χ1v) is 13.7. The highest BCUT2D eigenvalue weighted by atomic mass is 35.5. The number of non-ortho nitro benzene ring substituents is 1. The lowest BCUT2D eigenvalue weighted by atomic mass is 10.0. The summed E-state index contributed by atoms with van der Waals surface area (Å²) in [5.74, 6) is -1.11. The van der Waals surface area contributed by atoms with Gasteiger partial charge < -0.3 is 10.2 Å². The Balaban J connectivity index is 2.04. The van der Waals surface area contributed by atoms with Crippen LogP contribution in [0.5, 0.6) is 0 Å². The summed E-state index contributed by atoms with van der Waals surface area (Å²) in [7, 11) is -2.58. The molecular formula is C26H27ClN4O6S. The van der Waals surface area contributed by atoms with Gasteiger partial charge >= 0.3 is 0 Å². The molecule has 10 nitrogen and oxygen atoms in total. The van der Waals surface area contributed by atoms with Crippen LogP contribution in [0, 0.1) is 10.1 Å². The molecule has 0 aliphatic carbocycles. The lowest BCUT2D eigenvalue weighted by Crippen LogP contribution is -2.52. The molecule has 3 aromatic carbocycles. The van der Waals surface area contributed by atoms with Gasteiger partial charge in [-0.05, 0) is 29.3 Å². The molecule has 0 spiro atoms. The first-order valence-electron chi connectivity index (χ1n) is 11.5. The van der Waals surface area contributed by atoms with Crippen LogP contribution in [0.2, 0.25) is 5.02 Å². The molecule has 1 unspecified atom stereocenters. The van der Waals surface area contributed by atoms with Gasteiger partial charge in [0.15, 0.2) is 0 Å². The SMILES string of the molecule is CNC(=O)C(Cc1ccccc1)N(Cc1cccc(Cl)c1)C(=O)CN(c1cccc([N+](=O)[O-])c1)S(C)(=O)=O. The van der Waals surface area contributed by atoms with Gasteiger partial charge in [-0.2, -0.15) is 0 Å². The molecule has 2 amide bonds. The van der Waals surface area contributed by atoms with Gasteiger partial charge in [0.25, 0.3) is 5.69 Å². The van der Waals surface area contributed by atoms with Crippen LogP contribution < -0.4 is 9.62 Å². The van der Waals surface area contributed by atoms with E-state index in [0.29, 0.717) is 10.6 Å². The van der Waals surface area contributed by atoms with Crippen molar-refractivity contribution < 1.29 is 22.9 Å². The number of hydrogen-bond acceptors (Lipinski definition) is 6. The fraction of sp³-hybridized carbons (Fsp3) is 0.231. The minimum atomic E-state index is -4.04. The zero-order valence-electron chi connectivity index (χ0n) is 20.8. The normalized spacial score (nSPS) is 11.9. The molecule has 38 heavy (non-hydrogen) atoms. The average Bonchev–Trinajstić information content (AvgIpc) is 2.88. The molecule has 12 heteroatoms. The predicted octanol–water partition coefficient (Wildman–Crippen LogP) is 3.40. The lowest BCUT2D eigenvalue weighted by Gasteiger charge is -2.33. The largest absolute Gasteiger partial charge is 0.357 e. The second-order valence-corrected chi connectivity index (χ2v) is 10.9. The van der Waals surface area contributed by atoms with Crippen LogP contribution >= 0.6 is 11.6 Å². The van der Waals surface area contributed by atoms with Crippen LogP contribution in [0.4, 0.5) is 11.4 Å². The molecule has 200 valence electrons. The summed E-state index contributed by atoms with van der Waals surface area (Å²) in [5.41, 5.74) is 1.06. The minimum absolute atomic E-state index is 0.0309. The Morgan fingerprint density at radius 3 is 2.26 bits per heavy atom.